The standard InChI is InChI=1S/C18H17N3O3/c1-2-23-16-9-5-15(6-10-16)12-20-21-18(22)13-24-17-7-3-14(11-19)4-8-17/h3-10,12H,2,13H2,1H3,(H,21,22)/b20-12+. The first kappa shape index (κ1) is 17.0. The van der Waals surface area contributed by atoms with Gasteiger partial charge in [0.15, 0.2) is 6.61 Å². The number of rotatable bonds is 7. The number of carbonyl (C=O) groups excluding carboxylic acids is 1. The van der Waals surface area contributed by atoms with Crippen LogP contribution in [0.5, 0.6) is 11.5 Å². The van der Waals surface area contributed by atoms with Crippen molar-refractivity contribution in [2.75, 3.05) is 13.2 Å². The molecule has 0 saturated heterocycles. The first-order valence-corrected chi connectivity index (χ1v) is 7.39. The molecule has 2 rings (SSSR count). The quantitative estimate of drug-likeness (QED) is 0.627. The summed E-state index contributed by atoms with van der Waals surface area (Å²) in [5, 5.41) is 12.6. The number of benzene rings is 2. The van der Waals surface area contributed by atoms with Crippen molar-refractivity contribution >= 4 is 12.1 Å². The van der Waals surface area contributed by atoms with Gasteiger partial charge < -0.3 is 9.47 Å². The molecule has 0 fully saturated rings. The number of nitrogens with zero attached hydrogens (tertiary/aromatic N) is 2. The van der Waals surface area contributed by atoms with Crippen molar-refractivity contribution in [1.82, 2.24) is 5.43 Å². The molecule has 2 aromatic rings. The fourth-order valence-electron chi connectivity index (χ4n) is 1.80. The van der Waals surface area contributed by atoms with Gasteiger partial charge in [-0.3, -0.25) is 4.79 Å². The van der Waals surface area contributed by atoms with Crippen LogP contribution in [-0.2, 0) is 4.79 Å². The van der Waals surface area contributed by atoms with Gasteiger partial charge in [0.1, 0.15) is 11.5 Å². The van der Waals surface area contributed by atoms with Crippen LogP contribution in [0, 0.1) is 11.3 Å². The number of nitriles is 1. The van der Waals surface area contributed by atoms with E-state index >= 15 is 0 Å². The summed E-state index contributed by atoms with van der Waals surface area (Å²) < 4.78 is 10.6. The first-order chi connectivity index (χ1) is 11.7. The Labute approximate surface area is 140 Å². The summed E-state index contributed by atoms with van der Waals surface area (Å²) >= 11 is 0. The average molecular weight is 323 g/mol. The van der Waals surface area contributed by atoms with Gasteiger partial charge in [0, 0.05) is 0 Å². The second kappa shape index (κ2) is 8.96. The third-order valence-corrected chi connectivity index (χ3v) is 2.95. The SMILES string of the molecule is CCOc1ccc(/C=N/NC(=O)COc2ccc(C#N)cc2)cc1. The van der Waals surface area contributed by atoms with Crippen LogP contribution in [0.15, 0.2) is 53.6 Å². The lowest BCUT2D eigenvalue weighted by atomic mass is 10.2. The van der Waals surface area contributed by atoms with Gasteiger partial charge in [-0.2, -0.15) is 10.4 Å². The fourth-order valence-corrected chi connectivity index (χ4v) is 1.80. The van der Waals surface area contributed by atoms with Gasteiger partial charge in [-0.25, -0.2) is 5.43 Å². The van der Waals surface area contributed by atoms with Gasteiger partial charge in [0.05, 0.1) is 24.5 Å². The van der Waals surface area contributed by atoms with E-state index in [4.69, 9.17) is 14.7 Å². The van der Waals surface area contributed by atoms with Crippen LogP contribution in [0.4, 0.5) is 0 Å². The number of nitrogens with one attached hydrogen (secondary N) is 1. The van der Waals surface area contributed by atoms with Crippen molar-refractivity contribution in [1.29, 1.82) is 5.26 Å². The number of hydrogen-bond acceptors (Lipinski definition) is 5. The van der Waals surface area contributed by atoms with Crippen molar-refractivity contribution in [2.24, 2.45) is 5.10 Å². The van der Waals surface area contributed by atoms with E-state index in [1.165, 1.54) is 6.21 Å². The molecule has 0 atom stereocenters. The molecule has 6 nitrogen and oxygen atoms in total. The summed E-state index contributed by atoms with van der Waals surface area (Å²) in [4.78, 5) is 11.6. The maximum Gasteiger partial charge on any atom is 0.277 e. The lowest BCUT2D eigenvalue weighted by molar-refractivity contribution is -0.123. The van der Waals surface area contributed by atoms with E-state index in [0.29, 0.717) is 17.9 Å². The minimum atomic E-state index is -0.374. The lowest BCUT2D eigenvalue weighted by Gasteiger charge is -2.04. The zero-order chi connectivity index (χ0) is 17.2. The van der Waals surface area contributed by atoms with Crippen LogP contribution in [0.2, 0.25) is 0 Å². The van der Waals surface area contributed by atoms with Gasteiger partial charge in [0.25, 0.3) is 5.91 Å². The zero-order valence-electron chi connectivity index (χ0n) is 13.2. The smallest absolute Gasteiger partial charge is 0.277 e. The summed E-state index contributed by atoms with van der Waals surface area (Å²) in [6.07, 6.45) is 1.54. The molecular formula is C18H17N3O3. The summed E-state index contributed by atoms with van der Waals surface area (Å²) in [5.74, 6) is 0.927. The van der Waals surface area contributed by atoms with Crippen molar-refractivity contribution < 1.29 is 14.3 Å². The number of amides is 1. The molecule has 0 radical (unpaired) electrons. The summed E-state index contributed by atoms with van der Waals surface area (Å²) in [6, 6.07) is 15.9. The molecule has 0 heterocycles. The Morgan fingerprint density at radius 1 is 1.12 bits per heavy atom. The van der Waals surface area contributed by atoms with E-state index in [0.717, 1.165) is 11.3 Å². The second-order valence-corrected chi connectivity index (χ2v) is 4.72. The summed E-state index contributed by atoms with van der Waals surface area (Å²) in [5.41, 5.74) is 3.76. The summed E-state index contributed by atoms with van der Waals surface area (Å²) in [7, 11) is 0. The molecule has 0 aliphatic rings. The predicted octanol–water partition coefficient (Wildman–Crippen LogP) is 2.49. The van der Waals surface area contributed by atoms with Crippen LogP contribution in [0.1, 0.15) is 18.1 Å². The van der Waals surface area contributed by atoms with E-state index < -0.39 is 0 Å². The van der Waals surface area contributed by atoms with Gasteiger partial charge in [-0.1, -0.05) is 0 Å². The minimum Gasteiger partial charge on any atom is -0.494 e. The van der Waals surface area contributed by atoms with Gasteiger partial charge >= 0.3 is 0 Å². The van der Waals surface area contributed by atoms with E-state index in [1.807, 2.05) is 37.3 Å². The highest BCUT2D eigenvalue weighted by molar-refractivity contribution is 5.83. The molecule has 0 saturated carbocycles. The molecule has 1 N–H and O–H groups in total. The Bertz CT molecular complexity index is 732. The molecule has 0 bridgehead atoms. The van der Waals surface area contributed by atoms with Crippen molar-refractivity contribution in [2.45, 2.75) is 6.92 Å². The van der Waals surface area contributed by atoms with Gasteiger partial charge in [-0.15, -0.1) is 0 Å². The minimum absolute atomic E-state index is 0.160. The molecule has 0 spiro atoms. The molecule has 0 unspecified atom stereocenters. The van der Waals surface area contributed by atoms with E-state index in [2.05, 4.69) is 10.5 Å². The molecule has 122 valence electrons. The maximum absolute atomic E-state index is 11.6. The lowest BCUT2D eigenvalue weighted by Crippen LogP contribution is -2.24. The molecule has 0 aliphatic heterocycles. The van der Waals surface area contributed by atoms with E-state index in [9.17, 15) is 4.79 Å². The molecule has 24 heavy (non-hydrogen) atoms. The second-order valence-electron chi connectivity index (χ2n) is 4.72. The third-order valence-electron chi connectivity index (χ3n) is 2.95. The van der Waals surface area contributed by atoms with Crippen molar-refractivity contribution in [3.8, 4) is 17.6 Å². The molecule has 0 aliphatic carbocycles. The maximum atomic E-state index is 11.6. The zero-order valence-corrected chi connectivity index (χ0v) is 13.2. The van der Waals surface area contributed by atoms with Crippen LogP contribution in [-0.4, -0.2) is 25.3 Å². The summed E-state index contributed by atoms with van der Waals surface area (Å²) in [6.45, 7) is 2.38. The Kier molecular flexibility index (Phi) is 6.35. The highest BCUT2D eigenvalue weighted by Gasteiger charge is 2.01. The highest BCUT2D eigenvalue weighted by atomic mass is 16.5. The Balaban J connectivity index is 1.76. The number of hydrazone groups is 1. The molecule has 6 heteroatoms. The topological polar surface area (TPSA) is 83.7 Å². The van der Waals surface area contributed by atoms with Crippen LogP contribution >= 0.6 is 0 Å². The van der Waals surface area contributed by atoms with Crippen LogP contribution < -0.4 is 14.9 Å². The van der Waals surface area contributed by atoms with Crippen molar-refractivity contribution in [3.63, 3.8) is 0 Å². The van der Waals surface area contributed by atoms with Crippen LogP contribution in [0.25, 0.3) is 0 Å². The van der Waals surface area contributed by atoms with Gasteiger partial charge in [0.2, 0.25) is 0 Å². The third kappa shape index (κ3) is 5.46. The normalized spacial score (nSPS) is 10.2. The number of carbonyl (C=O) groups is 1. The fraction of sp³-hybridized carbons (Fsp3) is 0.167. The average Bonchev–Trinajstić information content (AvgIpc) is 2.62. The number of hydrogen-bond donors (Lipinski definition) is 1. The molecule has 2 aromatic carbocycles. The highest BCUT2D eigenvalue weighted by Crippen LogP contribution is 2.11. The number of ether oxygens (including phenoxy) is 2. The predicted molar refractivity (Wildman–Crippen MR) is 90.0 cm³/mol. The van der Waals surface area contributed by atoms with E-state index in [-0.39, 0.29) is 12.5 Å². The monoisotopic (exact) mass is 323 g/mol. The van der Waals surface area contributed by atoms with Crippen molar-refractivity contribution in [3.05, 3.63) is 59.7 Å². The van der Waals surface area contributed by atoms with Crippen LogP contribution in [0.3, 0.4) is 0 Å². The first-order valence-electron chi connectivity index (χ1n) is 7.39. The Morgan fingerprint density at radius 2 is 1.75 bits per heavy atom. The Hall–Kier alpha value is -3.33. The van der Waals surface area contributed by atoms with Gasteiger partial charge in [-0.05, 0) is 61.0 Å². The molecule has 0 aromatic heterocycles. The largest absolute Gasteiger partial charge is 0.494 e. The van der Waals surface area contributed by atoms with E-state index in [1.54, 1.807) is 24.3 Å². The Morgan fingerprint density at radius 3 is 2.38 bits per heavy atom. The molecule has 1 amide bonds. The molecular weight excluding hydrogens is 306 g/mol.